The van der Waals surface area contributed by atoms with Crippen molar-refractivity contribution >= 4 is 5.97 Å². The van der Waals surface area contributed by atoms with Gasteiger partial charge in [-0.15, -0.1) is 0 Å². The molecule has 0 amide bonds. The zero-order chi connectivity index (χ0) is 19.8. The van der Waals surface area contributed by atoms with Gasteiger partial charge in [-0.3, -0.25) is 0 Å². The molecule has 0 aromatic heterocycles. The van der Waals surface area contributed by atoms with Gasteiger partial charge in [0.1, 0.15) is 49.3 Å². The highest BCUT2D eigenvalue weighted by atomic mass is 16.8. The molecule has 2 fully saturated rings. The normalized spacial score (nSPS) is 47.7. The van der Waals surface area contributed by atoms with E-state index in [1.54, 1.807) is 0 Å². The molecule has 2 heterocycles. The van der Waals surface area contributed by atoms with E-state index in [2.05, 4.69) is 0 Å². The van der Waals surface area contributed by atoms with Crippen molar-refractivity contribution in [3.63, 3.8) is 0 Å². The number of carboxylic acids is 1. The van der Waals surface area contributed by atoms with Crippen molar-refractivity contribution in [3.05, 3.63) is 0 Å². The minimum Gasteiger partial charge on any atom is -0.479 e. The fourth-order valence-electron chi connectivity index (χ4n) is 2.84. The molecular weight excluding hydrogens is 364 g/mol. The average molecular weight is 386 g/mol. The molecule has 0 aromatic carbocycles. The van der Waals surface area contributed by atoms with Crippen LogP contribution < -0.4 is 0 Å². The Morgan fingerprint density at radius 1 is 1.04 bits per heavy atom. The van der Waals surface area contributed by atoms with Crippen LogP contribution in [0.15, 0.2) is 0 Å². The van der Waals surface area contributed by atoms with E-state index in [0.717, 1.165) is 0 Å². The highest BCUT2D eigenvalue weighted by Gasteiger charge is 2.59. The summed E-state index contributed by atoms with van der Waals surface area (Å²) >= 11 is 0. The van der Waals surface area contributed by atoms with Gasteiger partial charge in [-0.05, 0) is 0 Å². The summed E-state index contributed by atoms with van der Waals surface area (Å²) in [5, 5.41) is 86.5. The molecule has 13 nitrogen and oxygen atoms in total. The smallest absolute Gasteiger partial charge is 0.335 e. The number of aliphatic hydroxyl groups is 8. The Morgan fingerprint density at radius 2 is 1.65 bits per heavy atom. The number of hydrogen-bond acceptors (Lipinski definition) is 12. The summed E-state index contributed by atoms with van der Waals surface area (Å²) in [6.45, 7) is -1.84. The molecule has 2 saturated heterocycles. The highest BCUT2D eigenvalue weighted by Crippen LogP contribution is 2.36. The van der Waals surface area contributed by atoms with E-state index in [0.29, 0.717) is 0 Å². The first kappa shape index (κ1) is 21.3. The monoisotopic (exact) mass is 386 g/mol. The summed E-state index contributed by atoms with van der Waals surface area (Å²) in [5.41, 5.74) is 0. The summed E-state index contributed by atoms with van der Waals surface area (Å²) < 4.78 is 15.2. The number of aliphatic carboxylic acids is 1. The molecule has 0 aromatic rings. The number of rotatable bonds is 6. The molecule has 13 heteroatoms. The Balaban J connectivity index is 2.24. The first-order valence-electron chi connectivity index (χ1n) is 7.63. The molecule has 0 bridgehead atoms. The van der Waals surface area contributed by atoms with Crippen LogP contribution in [0.2, 0.25) is 0 Å². The SMILES string of the molecule is O=C(O)C(O)[C@H]1O[C@H](OC2(CO)O[C@H](CO)[C@@H](O)[C@@H]2O)[C@H](O)[C@@H](O)[C@@H]1O. The molecule has 2 unspecified atom stereocenters. The molecule has 2 aliphatic heterocycles. The summed E-state index contributed by atoms with van der Waals surface area (Å²) in [7, 11) is 0. The van der Waals surface area contributed by atoms with Crippen molar-refractivity contribution in [3.8, 4) is 0 Å². The summed E-state index contributed by atoms with van der Waals surface area (Å²) in [6.07, 6.45) is -17.1. The van der Waals surface area contributed by atoms with Crippen molar-refractivity contribution in [1.82, 2.24) is 0 Å². The molecule has 0 saturated carbocycles. The van der Waals surface area contributed by atoms with Gasteiger partial charge in [-0.25, -0.2) is 4.79 Å². The average Bonchev–Trinajstić information content (AvgIpc) is 2.86. The van der Waals surface area contributed by atoms with Crippen LogP contribution >= 0.6 is 0 Å². The van der Waals surface area contributed by atoms with E-state index in [1.807, 2.05) is 0 Å². The van der Waals surface area contributed by atoms with Crippen LogP contribution in [0.3, 0.4) is 0 Å². The zero-order valence-electron chi connectivity index (χ0n) is 13.3. The molecule has 0 radical (unpaired) electrons. The fraction of sp³-hybridized carbons (Fsp3) is 0.923. The predicted molar refractivity (Wildman–Crippen MR) is 75.2 cm³/mol. The molecule has 152 valence electrons. The van der Waals surface area contributed by atoms with Crippen LogP contribution in [0.1, 0.15) is 0 Å². The van der Waals surface area contributed by atoms with Crippen LogP contribution in [-0.4, -0.2) is 126 Å². The fourth-order valence-corrected chi connectivity index (χ4v) is 2.84. The van der Waals surface area contributed by atoms with E-state index in [4.69, 9.17) is 24.4 Å². The minimum atomic E-state index is -2.39. The molecule has 2 rings (SSSR count). The standard InChI is InChI=1S/C13H22O13/c14-1-3-4(16)10(21)13(2-15,25-3)26-12-7(19)5(17)6(18)9(24-12)8(20)11(22)23/h3-10,12,14-21H,1-2H2,(H,22,23)/t3-,4-,5+,6+,7-,8?,9+,10+,12-,13?/m1/s1. The topological polar surface area (TPSA) is 227 Å². The van der Waals surface area contributed by atoms with Crippen molar-refractivity contribution in [1.29, 1.82) is 0 Å². The van der Waals surface area contributed by atoms with E-state index >= 15 is 0 Å². The third kappa shape index (κ3) is 3.56. The maximum atomic E-state index is 10.9. The van der Waals surface area contributed by atoms with E-state index in [9.17, 15) is 40.5 Å². The van der Waals surface area contributed by atoms with Crippen LogP contribution in [0, 0.1) is 0 Å². The van der Waals surface area contributed by atoms with Gasteiger partial charge in [0, 0.05) is 0 Å². The lowest BCUT2D eigenvalue weighted by Crippen LogP contribution is -2.64. The van der Waals surface area contributed by atoms with E-state index in [1.165, 1.54) is 0 Å². The third-order valence-electron chi connectivity index (χ3n) is 4.39. The van der Waals surface area contributed by atoms with Crippen LogP contribution in [0.25, 0.3) is 0 Å². The van der Waals surface area contributed by atoms with Gasteiger partial charge >= 0.3 is 5.97 Å². The Bertz CT molecular complexity index is 502. The quantitative estimate of drug-likeness (QED) is 0.207. The summed E-state index contributed by atoms with van der Waals surface area (Å²) in [5.74, 6) is -4.18. The predicted octanol–water partition coefficient (Wildman–Crippen LogP) is -5.94. The lowest BCUT2D eigenvalue weighted by molar-refractivity contribution is -0.386. The van der Waals surface area contributed by atoms with Gasteiger partial charge in [0.15, 0.2) is 12.4 Å². The van der Waals surface area contributed by atoms with Crippen molar-refractivity contribution < 1.29 is 65.0 Å². The Labute approximate surface area is 146 Å². The highest BCUT2D eigenvalue weighted by molar-refractivity contribution is 5.72. The van der Waals surface area contributed by atoms with Gasteiger partial charge in [-0.2, -0.15) is 0 Å². The van der Waals surface area contributed by atoms with E-state index in [-0.39, 0.29) is 0 Å². The molecule has 0 aliphatic carbocycles. The molecular formula is C13H22O13. The van der Waals surface area contributed by atoms with Gasteiger partial charge in [-0.1, -0.05) is 0 Å². The van der Waals surface area contributed by atoms with Crippen LogP contribution in [-0.2, 0) is 19.0 Å². The Morgan fingerprint density at radius 3 is 2.12 bits per heavy atom. The number of carboxylic acid groups (broad SMARTS) is 1. The van der Waals surface area contributed by atoms with Crippen LogP contribution in [0.4, 0.5) is 0 Å². The van der Waals surface area contributed by atoms with Crippen molar-refractivity contribution in [2.45, 2.75) is 60.9 Å². The number of aliphatic hydroxyl groups excluding tert-OH is 8. The zero-order valence-corrected chi connectivity index (χ0v) is 13.3. The van der Waals surface area contributed by atoms with Gasteiger partial charge < -0.3 is 60.2 Å². The van der Waals surface area contributed by atoms with Gasteiger partial charge in [0.2, 0.25) is 5.79 Å². The lowest BCUT2D eigenvalue weighted by atomic mass is 9.95. The maximum Gasteiger partial charge on any atom is 0.335 e. The second-order valence-corrected chi connectivity index (χ2v) is 6.09. The van der Waals surface area contributed by atoms with Gasteiger partial charge in [0.05, 0.1) is 6.61 Å². The molecule has 0 spiro atoms. The van der Waals surface area contributed by atoms with Crippen LogP contribution in [0.5, 0.6) is 0 Å². The number of carbonyl (C=O) groups is 1. The molecule has 26 heavy (non-hydrogen) atoms. The Kier molecular flexibility index (Phi) is 6.53. The molecule has 2 aliphatic rings. The Hall–Kier alpha value is -0.970. The lowest BCUT2D eigenvalue weighted by Gasteiger charge is -2.44. The second-order valence-electron chi connectivity index (χ2n) is 6.09. The minimum absolute atomic E-state index is 0.751. The summed E-state index contributed by atoms with van der Waals surface area (Å²) in [4.78, 5) is 10.9. The molecule has 9 N–H and O–H groups in total. The van der Waals surface area contributed by atoms with Crippen molar-refractivity contribution in [2.24, 2.45) is 0 Å². The number of hydrogen-bond donors (Lipinski definition) is 9. The van der Waals surface area contributed by atoms with Crippen molar-refractivity contribution in [2.75, 3.05) is 13.2 Å². The van der Waals surface area contributed by atoms with E-state index < -0.39 is 80.1 Å². The second kappa shape index (κ2) is 7.95. The first-order valence-corrected chi connectivity index (χ1v) is 7.63. The first-order chi connectivity index (χ1) is 12.1. The largest absolute Gasteiger partial charge is 0.479 e. The van der Waals surface area contributed by atoms with Gasteiger partial charge in [0.25, 0.3) is 0 Å². The molecule has 10 atom stereocenters. The third-order valence-corrected chi connectivity index (χ3v) is 4.39. The summed E-state index contributed by atoms with van der Waals surface area (Å²) in [6, 6.07) is 0. The maximum absolute atomic E-state index is 10.9. The number of ether oxygens (including phenoxy) is 3.